The van der Waals surface area contributed by atoms with Gasteiger partial charge in [0.15, 0.2) is 0 Å². The average molecular weight is 243 g/mol. The second kappa shape index (κ2) is 6.09. The zero-order valence-corrected chi connectivity index (χ0v) is 10.8. The van der Waals surface area contributed by atoms with Gasteiger partial charge in [-0.3, -0.25) is 4.90 Å². The Hall–Kier alpha value is -0.770. The van der Waals surface area contributed by atoms with Crippen molar-refractivity contribution in [2.75, 3.05) is 27.4 Å². The molecule has 0 heterocycles. The molecule has 0 bridgehead atoms. The highest BCUT2D eigenvalue weighted by atomic mass is 35.5. The number of hydrogen-bond acceptors (Lipinski definition) is 3. The van der Waals surface area contributed by atoms with Gasteiger partial charge in [0.25, 0.3) is 0 Å². The molecule has 3 nitrogen and oxygen atoms in total. The maximum Gasteiger partial charge on any atom is 0.137 e. The number of halogens is 1. The molecule has 0 amide bonds. The summed E-state index contributed by atoms with van der Waals surface area (Å²) in [5.74, 6) is 0.732. The van der Waals surface area contributed by atoms with Crippen molar-refractivity contribution in [2.24, 2.45) is 5.73 Å². The molecular weight excluding hydrogens is 224 g/mol. The van der Waals surface area contributed by atoms with Crippen LogP contribution in [0.5, 0.6) is 5.75 Å². The number of nitrogens with two attached hydrogens (primary N) is 1. The van der Waals surface area contributed by atoms with E-state index in [2.05, 4.69) is 11.8 Å². The lowest BCUT2D eigenvalue weighted by molar-refractivity contribution is 0.349. The van der Waals surface area contributed by atoms with Gasteiger partial charge in [-0.2, -0.15) is 0 Å². The molecule has 0 aliphatic rings. The van der Waals surface area contributed by atoms with E-state index in [1.807, 2.05) is 19.2 Å². The number of ether oxygens (including phenoxy) is 1. The average Bonchev–Trinajstić information content (AvgIpc) is 2.29. The number of aryl methyl sites for hydroxylation is 1. The molecule has 0 aliphatic carbocycles. The van der Waals surface area contributed by atoms with E-state index >= 15 is 0 Å². The summed E-state index contributed by atoms with van der Waals surface area (Å²) in [7, 11) is 3.63. The third-order valence-corrected chi connectivity index (χ3v) is 2.98. The SMILES string of the molecule is COc1cc(C)c(CCN(C)CN)cc1Cl. The molecule has 0 aromatic heterocycles. The Kier molecular flexibility index (Phi) is 5.06. The van der Waals surface area contributed by atoms with Crippen LogP contribution in [0.25, 0.3) is 0 Å². The molecule has 16 heavy (non-hydrogen) atoms. The summed E-state index contributed by atoms with van der Waals surface area (Å²) in [5.41, 5.74) is 7.97. The van der Waals surface area contributed by atoms with Gasteiger partial charge >= 0.3 is 0 Å². The number of likely N-dealkylation sites (N-methyl/N-ethyl adjacent to an activating group) is 1. The van der Waals surface area contributed by atoms with Crippen molar-refractivity contribution in [3.63, 3.8) is 0 Å². The van der Waals surface area contributed by atoms with Crippen LogP contribution in [-0.4, -0.2) is 32.3 Å². The van der Waals surface area contributed by atoms with Crippen molar-refractivity contribution < 1.29 is 4.74 Å². The minimum absolute atomic E-state index is 0.572. The summed E-state index contributed by atoms with van der Waals surface area (Å²) in [4.78, 5) is 2.07. The van der Waals surface area contributed by atoms with Crippen LogP contribution in [0.1, 0.15) is 11.1 Å². The molecule has 2 N–H and O–H groups in total. The van der Waals surface area contributed by atoms with Crippen LogP contribution in [0.3, 0.4) is 0 Å². The van der Waals surface area contributed by atoms with Gasteiger partial charge in [-0.1, -0.05) is 11.6 Å². The summed E-state index contributed by atoms with van der Waals surface area (Å²) in [6.07, 6.45) is 0.948. The fraction of sp³-hybridized carbons (Fsp3) is 0.500. The maximum atomic E-state index is 6.09. The van der Waals surface area contributed by atoms with Gasteiger partial charge in [-0.25, -0.2) is 0 Å². The summed E-state index contributed by atoms with van der Waals surface area (Å²) < 4.78 is 5.17. The first-order valence-electron chi connectivity index (χ1n) is 5.30. The van der Waals surface area contributed by atoms with E-state index < -0.39 is 0 Å². The molecule has 90 valence electrons. The van der Waals surface area contributed by atoms with Crippen molar-refractivity contribution in [3.05, 3.63) is 28.3 Å². The number of hydrogen-bond donors (Lipinski definition) is 1. The fourth-order valence-corrected chi connectivity index (χ4v) is 1.79. The highest BCUT2D eigenvalue weighted by molar-refractivity contribution is 6.32. The Bertz CT molecular complexity index is 355. The van der Waals surface area contributed by atoms with E-state index in [4.69, 9.17) is 22.1 Å². The van der Waals surface area contributed by atoms with Crippen molar-refractivity contribution >= 4 is 11.6 Å². The zero-order valence-electron chi connectivity index (χ0n) is 10.1. The molecule has 4 heteroatoms. The second-order valence-electron chi connectivity index (χ2n) is 3.93. The van der Waals surface area contributed by atoms with E-state index in [1.54, 1.807) is 7.11 Å². The Labute approximate surface area is 102 Å². The van der Waals surface area contributed by atoms with E-state index in [9.17, 15) is 0 Å². The van der Waals surface area contributed by atoms with Crippen molar-refractivity contribution in [2.45, 2.75) is 13.3 Å². The Morgan fingerprint density at radius 2 is 2.12 bits per heavy atom. The molecule has 1 aromatic rings. The number of methoxy groups -OCH3 is 1. The third kappa shape index (κ3) is 3.37. The van der Waals surface area contributed by atoms with E-state index in [0.717, 1.165) is 18.7 Å². The van der Waals surface area contributed by atoms with Gasteiger partial charge in [-0.05, 0) is 43.7 Å². The van der Waals surface area contributed by atoms with Crippen molar-refractivity contribution in [3.8, 4) is 5.75 Å². The molecule has 1 rings (SSSR count). The topological polar surface area (TPSA) is 38.5 Å². The predicted molar refractivity (Wildman–Crippen MR) is 68.1 cm³/mol. The van der Waals surface area contributed by atoms with Gasteiger partial charge in [0, 0.05) is 13.2 Å². The highest BCUT2D eigenvalue weighted by Crippen LogP contribution is 2.28. The molecule has 0 radical (unpaired) electrons. The summed E-state index contributed by atoms with van der Waals surface area (Å²) >= 11 is 6.09. The van der Waals surface area contributed by atoms with Gasteiger partial charge in [-0.15, -0.1) is 0 Å². The minimum Gasteiger partial charge on any atom is -0.495 e. The van der Waals surface area contributed by atoms with Gasteiger partial charge < -0.3 is 10.5 Å². The molecule has 0 unspecified atom stereocenters. The maximum absolute atomic E-state index is 6.09. The molecule has 1 aromatic carbocycles. The van der Waals surface area contributed by atoms with E-state index in [0.29, 0.717) is 11.7 Å². The largest absolute Gasteiger partial charge is 0.495 e. The Morgan fingerprint density at radius 1 is 1.44 bits per heavy atom. The van der Waals surface area contributed by atoms with E-state index in [-0.39, 0.29) is 0 Å². The van der Waals surface area contributed by atoms with Gasteiger partial charge in [0.2, 0.25) is 0 Å². The lowest BCUT2D eigenvalue weighted by atomic mass is 10.1. The zero-order chi connectivity index (χ0) is 12.1. The molecule has 0 saturated carbocycles. The number of benzene rings is 1. The lowest BCUT2D eigenvalue weighted by Crippen LogP contribution is -2.27. The Balaban J connectivity index is 2.77. The predicted octanol–water partition coefficient (Wildman–Crippen LogP) is 2.05. The Morgan fingerprint density at radius 3 is 2.69 bits per heavy atom. The molecule has 0 fully saturated rings. The van der Waals surface area contributed by atoms with Crippen LogP contribution in [-0.2, 0) is 6.42 Å². The van der Waals surface area contributed by atoms with Gasteiger partial charge in [0.05, 0.1) is 12.1 Å². The standard InChI is InChI=1S/C12H19ClN2O/c1-9-6-12(16-3)11(13)7-10(9)4-5-15(2)8-14/h6-7H,4-5,8,14H2,1-3H3. The molecule has 0 spiro atoms. The quantitative estimate of drug-likeness (QED) is 0.804. The van der Waals surface area contributed by atoms with Crippen LogP contribution in [0, 0.1) is 6.92 Å². The first kappa shape index (κ1) is 13.3. The second-order valence-corrected chi connectivity index (χ2v) is 4.33. The van der Waals surface area contributed by atoms with Crippen molar-refractivity contribution in [1.82, 2.24) is 4.90 Å². The summed E-state index contributed by atoms with van der Waals surface area (Å²) in [6, 6.07) is 3.94. The highest BCUT2D eigenvalue weighted by Gasteiger charge is 2.06. The number of nitrogens with zero attached hydrogens (tertiary/aromatic N) is 1. The van der Waals surface area contributed by atoms with Crippen LogP contribution >= 0.6 is 11.6 Å². The normalized spacial score (nSPS) is 10.9. The molecule has 0 atom stereocenters. The first-order chi connectivity index (χ1) is 7.58. The lowest BCUT2D eigenvalue weighted by Gasteiger charge is -2.15. The van der Waals surface area contributed by atoms with Crippen LogP contribution in [0.2, 0.25) is 5.02 Å². The summed E-state index contributed by atoms with van der Waals surface area (Å²) in [5, 5.41) is 0.665. The number of rotatable bonds is 5. The minimum atomic E-state index is 0.572. The van der Waals surface area contributed by atoms with Crippen LogP contribution in [0.15, 0.2) is 12.1 Å². The van der Waals surface area contributed by atoms with Crippen LogP contribution in [0.4, 0.5) is 0 Å². The monoisotopic (exact) mass is 242 g/mol. The fourth-order valence-electron chi connectivity index (χ4n) is 1.52. The van der Waals surface area contributed by atoms with E-state index in [1.165, 1.54) is 11.1 Å². The third-order valence-electron chi connectivity index (χ3n) is 2.68. The molecular formula is C12H19ClN2O. The molecule has 0 aliphatic heterocycles. The summed E-state index contributed by atoms with van der Waals surface area (Å²) in [6.45, 7) is 3.57. The smallest absolute Gasteiger partial charge is 0.137 e. The first-order valence-corrected chi connectivity index (χ1v) is 5.68. The van der Waals surface area contributed by atoms with Gasteiger partial charge in [0.1, 0.15) is 5.75 Å². The van der Waals surface area contributed by atoms with Crippen molar-refractivity contribution in [1.29, 1.82) is 0 Å². The molecule has 0 saturated heterocycles. The van der Waals surface area contributed by atoms with Crippen LogP contribution < -0.4 is 10.5 Å².